The second-order valence-corrected chi connectivity index (χ2v) is 9.78. The fourth-order valence-electron chi connectivity index (χ4n) is 4.99. The Morgan fingerprint density at radius 3 is 2.16 bits per heavy atom. The van der Waals surface area contributed by atoms with Gasteiger partial charge in [0.2, 0.25) is 5.91 Å². The monoisotopic (exact) mass is 482 g/mol. The van der Waals surface area contributed by atoms with Gasteiger partial charge in [0.15, 0.2) is 0 Å². The van der Waals surface area contributed by atoms with Gasteiger partial charge in [-0.25, -0.2) is 0 Å². The molecule has 0 spiro atoms. The van der Waals surface area contributed by atoms with E-state index >= 15 is 0 Å². The van der Waals surface area contributed by atoms with Crippen LogP contribution in [0.4, 0.5) is 0 Å². The Labute approximate surface area is 193 Å². The summed E-state index contributed by atoms with van der Waals surface area (Å²) in [6.45, 7) is 1.26. The van der Waals surface area contributed by atoms with Crippen LogP contribution in [0.5, 0.6) is 0 Å². The fourth-order valence-corrected chi connectivity index (χ4v) is 5.26. The molecule has 31 heavy (non-hydrogen) atoms. The van der Waals surface area contributed by atoms with Gasteiger partial charge in [0.05, 0.1) is 6.04 Å². The highest BCUT2D eigenvalue weighted by molar-refractivity contribution is 9.10. The highest BCUT2D eigenvalue weighted by Crippen LogP contribution is 2.35. The minimum atomic E-state index is -0.0243. The van der Waals surface area contributed by atoms with Crippen LogP contribution in [-0.4, -0.2) is 29.8 Å². The Balaban J connectivity index is 1.36. The standard InChI is InChI=1S/C26H31BrN2O2/c27-23-13-11-22(12-14-23)26(31)29-17-15-21(16-18-29)25(30)28-24(19-7-3-1-4-8-19)20-9-5-2-6-10-20/h1,3-4,7-8,11-14,20-21,24H,2,5-6,9-10,15-18H2,(H,28,30). The number of benzene rings is 2. The molecular formula is C26H31BrN2O2. The quantitative estimate of drug-likeness (QED) is 0.590. The summed E-state index contributed by atoms with van der Waals surface area (Å²) >= 11 is 3.41. The number of halogens is 1. The van der Waals surface area contributed by atoms with Crippen LogP contribution in [-0.2, 0) is 4.79 Å². The van der Waals surface area contributed by atoms with E-state index in [2.05, 4.69) is 45.5 Å². The van der Waals surface area contributed by atoms with E-state index in [0.717, 1.165) is 17.3 Å². The summed E-state index contributed by atoms with van der Waals surface area (Å²) in [6.07, 6.45) is 7.61. The van der Waals surface area contributed by atoms with Gasteiger partial charge in [-0.1, -0.05) is 65.5 Å². The Bertz CT molecular complexity index is 870. The van der Waals surface area contributed by atoms with E-state index in [4.69, 9.17) is 0 Å². The van der Waals surface area contributed by atoms with Gasteiger partial charge in [-0.3, -0.25) is 9.59 Å². The highest BCUT2D eigenvalue weighted by Gasteiger charge is 2.32. The molecule has 0 bridgehead atoms. The van der Waals surface area contributed by atoms with Crippen molar-refractivity contribution in [1.29, 1.82) is 0 Å². The lowest BCUT2D eigenvalue weighted by atomic mass is 9.80. The molecule has 1 N–H and O–H groups in total. The van der Waals surface area contributed by atoms with Crippen molar-refractivity contribution >= 4 is 27.7 Å². The zero-order chi connectivity index (χ0) is 21.6. The molecule has 1 aliphatic heterocycles. The largest absolute Gasteiger partial charge is 0.349 e. The molecule has 4 rings (SSSR count). The number of carbonyl (C=O) groups excluding carboxylic acids is 2. The Morgan fingerprint density at radius 2 is 1.52 bits per heavy atom. The Hall–Kier alpha value is -2.14. The average Bonchev–Trinajstić information content (AvgIpc) is 2.83. The first kappa shape index (κ1) is 22.1. The molecule has 0 radical (unpaired) electrons. The third-order valence-corrected chi connectivity index (χ3v) is 7.35. The van der Waals surface area contributed by atoms with E-state index < -0.39 is 0 Å². The molecule has 2 aromatic carbocycles. The van der Waals surface area contributed by atoms with Crippen molar-refractivity contribution in [3.05, 3.63) is 70.2 Å². The molecule has 2 aliphatic rings. The number of piperidine rings is 1. The van der Waals surface area contributed by atoms with Crippen LogP contribution in [0.3, 0.4) is 0 Å². The summed E-state index contributed by atoms with van der Waals surface area (Å²) in [5.41, 5.74) is 1.91. The van der Waals surface area contributed by atoms with Gasteiger partial charge in [0.1, 0.15) is 0 Å². The number of carbonyl (C=O) groups is 2. The lowest BCUT2D eigenvalue weighted by molar-refractivity contribution is -0.127. The number of hydrogen-bond donors (Lipinski definition) is 1. The summed E-state index contributed by atoms with van der Waals surface area (Å²) in [4.78, 5) is 27.8. The summed E-state index contributed by atoms with van der Waals surface area (Å²) in [5.74, 6) is 0.689. The van der Waals surface area contributed by atoms with E-state index in [0.29, 0.717) is 24.6 Å². The Morgan fingerprint density at radius 1 is 0.871 bits per heavy atom. The molecule has 1 atom stereocenters. The van der Waals surface area contributed by atoms with Gasteiger partial charge in [-0.15, -0.1) is 0 Å². The van der Waals surface area contributed by atoms with Gasteiger partial charge in [0.25, 0.3) is 5.91 Å². The second kappa shape index (κ2) is 10.4. The van der Waals surface area contributed by atoms with Crippen molar-refractivity contribution in [2.45, 2.75) is 51.0 Å². The minimum Gasteiger partial charge on any atom is -0.349 e. The smallest absolute Gasteiger partial charge is 0.253 e. The van der Waals surface area contributed by atoms with Crippen LogP contribution < -0.4 is 5.32 Å². The number of nitrogens with one attached hydrogen (secondary N) is 1. The van der Waals surface area contributed by atoms with Crippen LogP contribution in [0.25, 0.3) is 0 Å². The van der Waals surface area contributed by atoms with Gasteiger partial charge in [-0.05, 0) is 61.4 Å². The Kier molecular flexibility index (Phi) is 7.44. The van der Waals surface area contributed by atoms with Crippen molar-refractivity contribution < 1.29 is 9.59 Å². The van der Waals surface area contributed by atoms with E-state index in [9.17, 15) is 9.59 Å². The average molecular weight is 483 g/mol. The first-order valence-electron chi connectivity index (χ1n) is 11.5. The number of nitrogens with zero attached hydrogens (tertiary/aromatic N) is 1. The fraction of sp³-hybridized carbons (Fsp3) is 0.462. The molecule has 2 amide bonds. The molecule has 2 fully saturated rings. The zero-order valence-electron chi connectivity index (χ0n) is 17.9. The van der Waals surface area contributed by atoms with Crippen LogP contribution in [0.1, 0.15) is 66.9 Å². The maximum Gasteiger partial charge on any atom is 0.253 e. The van der Waals surface area contributed by atoms with E-state index in [1.54, 1.807) is 0 Å². The molecule has 2 aromatic rings. The van der Waals surface area contributed by atoms with Gasteiger partial charge < -0.3 is 10.2 Å². The summed E-state index contributed by atoms with van der Waals surface area (Å²) < 4.78 is 0.963. The van der Waals surface area contributed by atoms with Crippen molar-refractivity contribution in [1.82, 2.24) is 10.2 Å². The zero-order valence-corrected chi connectivity index (χ0v) is 19.5. The number of rotatable bonds is 5. The summed E-state index contributed by atoms with van der Waals surface area (Å²) in [6, 6.07) is 18.0. The molecule has 0 aromatic heterocycles. The van der Waals surface area contributed by atoms with Crippen LogP contribution in [0.15, 0.2) is 59.1 Å². The number of amides is 2. The normalized spacial score (nSPS) is 19.1. The first-order chi connectivity index (χ1) is 15.1. The van der Waals surface area contributed by atoms with Crippen LogP contribution >= 0.6 is 15.9 Å². The van der Waals surface area contributed by atoms with Crippen LogP contribution in [0, 0.1) is 11.8 Å². The van der Waals surface area contributed by atoms with E-state index in [1.807, 2.05) is 35.2 Å². The van der Waals surface area contributed by atoms with Crippen molar-refractivity contribution in [2.75, 3.05) is 13.1 Å². The molecule has 1 heterocycles. The highest BCUT2D eigenvalue weighted by atomic mass is 79.9. The molecule has 1 saturated carbocycles. The van der Waals surface area contributed by atoms with Gasteiger partial charge >= 0.3 is 0 Å². The van der Waals surface area contributed by atoms with Crippen molar-refractivity contribution in [3.8, 4) is 0 Å². The lowest BCUT2D eigenvalue weighted by Crippen LogP contribution is -2.44. The molecular weight excluding hydrogens is 452 g/mol. The predicted molar refractivity (Wildman–Crippen MR) is 127 cm³/mol. The molecule has 164 valence electrons. The van der Waals surface area contributed by atoms with Gasteiger partial charge in [-0.2, -0.15) is 0 Å². The van der Waals surface area contributed by atoms with Crippen LogP contribution in [0.2, 0.25) is 0 Å². The molecule has 5 heteroatoms. The van der Waals surface area contributed by atoms with Crippen molar-refractivity contribution in [2.24, 2.45) is 11.8 Å². The van der Waals surface area contributed by atoms with E-state index in [-0.39, 0.29) is 23.8 Å². The van der Waals surface area contributed by atoms with Gasteiger partial charge in [0, 0.05) is 29.0 Å². The molecule has 4 nitrogen and oxygen atoms in total. The number of likely N-dealkylation sites (tertiary alicyclic amines) is 1. The van der Waals surface area contributed by atoms with E-state index in [1.165, 1.54) is 37.7 Å². The summed E-state index contributed by atoms with van der Waals surface area (Å²) in [7, 11) is 0. The second-order valence-electron chi connectivity index (χ2n) is 8.87. The molecule has 1 saturated heterocycles. The summed E-state index contributed by atoms with van der Waals surface area (Å²) in [5, 5.41) is 3.41. The topological polar surface area (TPSA) is 49.4 Å². The molecule has 1 unspecified atom stereocenters. The predicted octanol–water partition coefficient (Wildman–Crippen LogP) is 5.74. The lowest BCUT2D eigenvalue weighted by Gasteiger charge is -2.35. The molecule has 1 aliphatic carbocycles. The third-order valence-electron chi connectivity index (χ3n) is 6.82. The SMILES string of the molecule is O=C(NC(c1ccccc1)C1CCCCC1)C1CCN(C(=O)c2ccc(Br)cc2)CC1. The maximum absolute atomic E-state index is 13.2. The minimum absolute atomic E-state index is 0.0243. The first-order valence-corrected chi connectivity index (χ1v) is 12.3. The van der Waals surface area contributed by atoms with Crippen molar-refractivity contribution in [3.63, 3.8) is 0 Å². The third kappa shape index (κ3) is 5.57. The maximum atomic E-state index is 13.2. The number of hydrogen-bond acceptors (Lipinski definition) is 2.